The number of hydrogen-bond donors (Lipinski definition) is 1. The molecule has 0 aromatic heterocycles. The van der Waals surface area contributed by atoms with Gasteiger partial charge in [0.25, 0.3) is 11.6 Å². The van der Waals surface area contributed by atoms with Crippen molar-refractivity contribution < 1.29 is 19.2 Å². The standard InChI is InChI=1S/C14H8Cl2N2O5/c15-9-3-7(18(20)21)4-10(16)14(9)23-8-1-2-11-12(5-8)22-6-13(19)17-11/h1-5H,6H2,(H,17,19). The summed E-state index contributed by atoms with van der Waals surface area (Å²) in [6.07, 6.45) is 0. The van der Waals surface area contributed by atoms with Crippen molar-refractivity contribution in [2.45, 2.75) is 0 Å². The number of halogens is 2. The molecule has 2 aromatic rings. The third-order valence-electron chi connectivity index (χ3n) is 3.00. The molecule has 0 fully saturated rings. The molecular formula is C14H8Cl2N2O5. The first kappa shape index (κ1) is 15.4. The first-order chi connectivity index (χ1) is 10.9. The van der Waals surface area contributed by atoms with E-state index in [1.54, 1.807) is 18.2 Å². The van der Waals surface area contributed by atoms with Crippen molar-refractivity contribution in [2.75, 3.05) is 11.9 Å². The van der Waals surface area contributed by atoms with Crippen molar-refractivity contribution in [2.24, 2.45) is 0 Å². The van der Waals surface area contributed by atoms with Crippen LogP contribution in [0.3, 0.4) is 0 Å². The SMILES string of the molecule is O=C1COc2cc(Oc3c(Cl)cc([N+](=O)[O-])cc3Cl)ccc2N1. The van der Waals surface area contributed by atoms with Crippen LogP contribution in [0.1, 0.15) is 0 Å². The molecule has 9 heteroatoms. The lowest BCUT2D eigenvalue weighted by Gasteiger charge is -2.18. The van der Waals surface area contributed by atoms with Gasteiger partial charge in [0.2, 0.25) is 0 Å². The lowest BCUT2D eigenvalue weighted by molar-refractivity contribution is -0.384. The number of hydrogen-bond acceptors (Lipinski definition) is 5. The Morgan fingerprint density at radius 3 is 2.57 bits per heavy atom. The van der Waals surface area contributed by atoms with Gasteiger partial charge in [0, 0.05) is 18.2 Å². The molecule has 1 aliphatic rings. The monoisotopic (exact) mass is 354 g/mol. The van der Waals surface area contributed by atoms with Crippen LogP contribution < -0.4 is 14.8 Å². The van der Waals surface area contributed by atoms with Crippen LogP contribution in [0.5, 0.6) is 17.2 Å². The molecule has 118 valence electrons. The van der Waals surface area contributed by atoms with Gasteiger partial charge in [0.15, 0.2) is 12.4 Å². The molecule has 0 spiro atoms. The largest absolute Gasteiger partial charge is 0.481 e. The van der Waals surface area contributed by atoms with E-state index in [1.807, 2.05) is 0 Å². The Balaban J connectivity index is 1.91. The van der Waals surface area contributed by atoms with Crippen molar-refractivity contribution in [3.05, 3.63) is 50.5 Å². The van der Waals surface area contributed by atoms with E-state index < -0.39 is 4.92 Å². The van der Waals surface area contributed by atoms with Crippen molar-refractivity contribution in [3.8, 4) is 17.2 Å². The maximum absolute atomic E-state index is 11.2. The van der Waals surface area contributed by atoms with Gasteiger partial charge in [-0.25, -0.2) is 0 Å². The van der Waals surface area contributed by atoms with E-state index in [0.29, 0.717) is 17.2 Å². The predicted molar refractivity (Wildman–Crippen MR) is 83.8 cm³/mol. The summed E-state index contributed by atoms with van der Waals surface area (Å²) in [6, 6.07) is 7.05. The van der Waals surface area contributed by atoms with E-state index >= 15 is 0 Å². The van der Waals surface area contributed by atoms with Crippen LogP contribution in [0.15, 0.2) is 30.3 Å². The second-order valence-electron chi connectivity index (χ2n) is 4.59. The minimum absolute atomic E-state index is 0.0103. The average molecular weight is 355 g/mol. The number of rotatable bonds is 3. The molecule has 0 radical (unpaired) electrons. The second kappa shape index (κ2) is 5.94. The van der Waals surface area contributed by atoms with Crippen LogP contribution in [-0.2, 0) is 4.79 Å². The number of nitro benzene ring substituents is 1. The van der Waals surface area contributed by atoms with E-state index in [-0.39, 0.29) is 34.0 Å². The first-order valence-corrected chi connectivity index (χ1v) is 7.07. The van der Waals surface area contributed by atoms with Crippen LogP contribution in [0.2, 0.25) is 10.0 Å². The van der Waals surface area contributed by atoms with Crippen molar-refractivity contribution in [1.29, 1.82) is 0 Å². The van der Waals surface area contributed by atoms with E-state index in [1.165, 1.54) is 0 Å². The zero-order chi connectivity index (χ0) is 16.6. The predicted octanol–water partition coefficient (Wildman–Crippen LogP) is 4.02. The quantitative estimate of drug-likeness (QED) is 0.663. The molecule has 3 rings (SSSR count). The molecule has 7 nitrogen and oxygen atoms in total. The molecule has 2 aromatic carbocycles. The van der Waals surface area contributed by atoms with E-state index in [2.05, 4.69) is 5.32 Å². The van der Waals surface area contributed by atoms with Gasteiger partial charge < -0.3 is 14.8 Å². The summed E-state index contributed by atoms with van der Waals surface area (Å²) in [6.45, 7) is -0.0878. The number of amides is 1. The highest BCUT2D eigenvalue weighted by Crippen LogP contribution is 2.41. The van der Waals surface area contributed by atoms with E-state index in [0.717, 1.165) is 12.1 Å². The van der Waals surface area contributed by atoms with Gasteiger partial charge in [0.05, 0.1) is 20.7 Å². The van der Waals surface area contributed by atoms with Gasteiger partial charge in [-0.1, -0.05) is 23.2 Å². The summed E-state index contributed by atoms with van der Waals surface area (Å²) >= 11 is 12.0. The fraction of sp³-hybridized carbons (Fsp3) is 0.0714. The number of nitrogens with one attached hydrogen (secondary N) is 1. The second-order valence-corrected chi connectivity index (χ2v) is 5.41. The number of fused-ring (bicyclic) bond motifs is 1. The Bertz CT molecular complexity index is 802. The lowest BCUT2D eigenvalue weighted by atomic mass is 10.2. The van der Waals surface area contributed by atoms with Crippen LogP contribution in [0.4, 0.5) is 11.4 Å². The molecule has 1 amide bonds. The van der Waals surface area contributed by atoms with Gasteiger partial charge in [-0.3, -0.25) is 14.9 Å². The number of carbonyl (C=O) groups is 1. The maximum Gasteiger partial charge on any atom is 0.272 e. The third kappa shape index (κ3) is 3.15. The number of ether oxygens (including phenoxy) is 2. The molecule has 0 bridgehead atoms. The van der Waals surface area contributed by atoms with Gasteiger partial charge in [-0.2, -0.15) is 0 Å². The van der Waals surface area contributed by atoms with E-state index in [9.17, 15) is 14.9 Å². The van der Waals surface area contributed by atoms with Gasteiger partial charge in [-0.05, 0) is 12.1 Å². The number of benzene rings is 2. The summed E-state index contributed by atoms with van der Waals surface area (Å²) in [5, 5.41) is 13.4. The molecule has 23 heavy (non-hydrogen) atoms. The molecule has 1 N–H and O–H groups in total. The zero-order valence-electron chi connectivity index (χ0n) is 11.3. The Morgan fingerprint density at radius 1 is 1.22 bits per heavy atom. The molecule has 0 saturated heterocycles. The van der Waals surface area contributed by atoms with Crippen LogP contribution in [0, 0.1) is 10.1 Å². The fourth-order valence-corrected chi connectivity index (χ4v) is 2.54. The Morgan fingerprint density at radius 2 is 1.91 bits per heavy atom. The number of nitrogens with zero attached hydrogens (tertiary/aromatic N) is 1. The van der Waals surface area contributed by atoms with Crippen molar-refractivity contribution in [1.82, 2.24) is 0 Å². The minimum atomic E-state index is -0.600. The van der Waals surface area contributed by atoms with Crippen molar-refractivity contribution >= 4 is 40.5 Å². The van der Waals surface area contributed by atoms with Crippen molar-refractivity contribution in [3.63, 3.8) is 0 Å². The summed E-state index contributed by atoms with van der Waals surface area (Å²) in [5.41, 5.74) is 0.290. The number of non-ortho nitro benzene ring substituents is 1. The third-order valence-corrected chi connectivity index (χ3v) is 3.56. The number of nitro groups is 1. The number of carbonyl (C=O) groups excluding carboxylic acids is 1. The molecule has 0 unspecified atom stereocenters. The summed E-state index contributed by atoms with van der Waals surface area (Å²) in [5.74, 6) is 0.653. The average Bonchev–Trinajstić information content (AvgIpc) is 2.50. The molecule has 0 saturated carbocycles. The molecular weight excluding hydrogens is 347 g/mol. The van der Waals surface area contributed by atoms with Gasteiger partial charge in [0.1, 0.15) is 11.5 Å². The maximum atomic E-state index is 11.2. The molecule has 0 atom stereocenters. The van der Waals surface area contributed by atoms with E-state index in [4.69, 9.17) is 32.7 Å². The van der Waals surface area contributed by atoms with Crippen LogP contribution in [0.25, 0.3) is 0 Å². The lowest BCUT2D eigenvalue weighted by Crippen LogP contribution is -2.25. The zero-order valence-corrected chi connectivity index (χ0v) is 12.9. The smallest absolute Gasteiger partial charge is 0.272 e. The topological polar surface area (TPSA) is 90.7 Å². The van der Waals surface area contributed by atoms with Gasteiger partial charge in [-0.15, -0.1) is 0 Å². The minimum Gasteiger partial charge on any atom is -0.481 e. The molecule has 0 aliphatic carbocycles. The summed E-state index contributed by atoms with van der Waals surface area (Å²) in [4.78, 5) is 21.4. The highest BCUT2D eigenvalue weighted by Gasteiger charge is 2.19. The Hall–Kier alpha value is -2.51. The normalized spacial score (nSPS) is 12.9. The van der Waals surface area contributed by atoms with Crippen LogP contribution >= 0.6 is 23.2 Å². The number of anilines is 1. The summed E-state index contributed by atoms with van der Waals surface area (Å²) in [7, 11) is 0. The highest BCUT2D eigenvalue weighted by molar-refractivity contribution is 6.37. The Kier molecular flexibility index (Phi) is 3.97. The van der Waals surface area contributed by atoms with Crippen LogP contribution in [-0.4, -0.2) is 17.4 Å². The molecule has 1 heterocycles. The molecule has 1 aliphatic heterocycles. The fourth-order valence-electron chi connectivity index (χ4n) is 1.99. The highest BCUT2D eigenvalue weighted by atomic mass is 35.5. The summed E-state index contributed by atoms with van der Waals surface area (Å²) < 4.78 is 10.9. The first-order valence-electron chi connectivity index (χ1n) is 6.32. The Labute approximate surface area is 139 Å². The van der Waals surface area contributed by atoms with Gasteiger partial charge >= 0.3 is 0 Å².